The average molecular weight is 420 g/mol. The largest absolute Gasteiger partial charge is 0.468 e. The highest BCUT2D eigenvalue weighted by molar-refractivity contribution is 5.91. The average Bonchev–Trinajstić information content (AvgIpc) is 3.44. The van der Waals surface area contributed by atoms with Gasteiger partial charge in [-0.2, -0.15) is 9.78 Å². The molecule has 0 saturated carbocycles. The van der Waals surface area contributed by atoms with Crippen molar-refractivity contribution in [2.24, 2.45) is 0 Å². The first-order valence-electron chi connectivity index (χ1n) is 9.92. The summed E-state index contributed by atoms with van der Waals surface area (Å²) in [5.74, 6) is 2.28. The summed E-state index contributed by atoms with van der Waals surface area (Å²) >= 11 is 0. The number of aryl methyl sites for hydroxylation is 3. The third-order valence-electron chi connectivity index (χ3n) is 4.55. The van der Waals surface area contributed by atoms with Gasteiger partial charge in [-0.3, -0.25) is 9.69 Å². The van der Waals surface area contributed by atoms with Crippen LogP contribution in [-0.4, -0.2) is 37.1 Å². The molecule has 0 aliphatic carbocycles. The third-order valence-corrected chi connectivity index (χ3v) is 4.55. The molecule has 31 heavy (non-hydrogen) atoms. The van der Waals surface area contributed by atoms with Crippen LogP contribution in [-0.2, 0) is 17.9 Å². The Morgan fingerprint density at radius 1 is 0.968 bits per heavy atom. The molecular formula is C22H24N6O3. The zero-order valence-corrected chi connectivity index (χ0v) is 17.7. The van der Waals surface area contributed by atoms with Crippen LogP contribution < -0.4 is 5.32 Å². The SMILES string of the molecule is Cc1cc(C)nc(-n2nc(C)cc2NC(=O)CN(Cc2ccco2)Cc2ccco2)n1. The Labute approximate surface area is 179 Å². The van der Waals surface area contributed by atoms with Crippen molar-refractivity contribution in [3.8, 4) is 5.95 Å². The standard InChI is InChI=1S/C22H24N6O3/c1-15-10-16(2)24-22(23-15)28-20(11-17(3)26-28)25-21(29)14-27(12-18-6-4-8-30-18)13-19-7-5-9-31-19/h4-11H,12-14H2,1-3H3,(H,25,29). The molecule has 0 atom stereocenters. The van der Waals surface area contributed by atoms with Gasteiger partial charge in [-0.05, 0) is 51.1 Å². The van der Waals surface area contributed by atoms with Gasteiger partial charge < -0.3 is 14.2 Å². The number of carbonyl (C=O) groups is 1. The van der Waals surface area contributed by atoms with Crippen LogP contribution in [0.1, 0.15) is 28.6 Å². The second kappa shape index (κ2) is 8.97. The molecule has 0 aromatic carbocycles. The van der Waals surface area contributed by atoms with Crippen LogP contribution in [0.15, 0.2) is 57.8 Å². The number of nitrogens with zero attached hydrogens (tertiary/aromatic N) is 5. The highest BCUT2D eigenvalue weighted by atomic mass is 16.3. The van der Waals surface area contributed by atoms with Crippen LogP contribution >= 0.6 is 0 Å². The highest BCUT2D eigenvalue weighted by Gasteiger charge is 2.18. The number of anilines is 1. The molecule has 0 aliphatic heterocycles. The molecule has 0 aliphatic rings. The monoisotopic (exact) mass is 420 g/mol. The quantitative estimate of drug-likeness (QED) is 0.466. The second-order valence-corrected chi connectivity index (χ2v) is 7.39. The van der Waals surface area contributed by atoms with Crippen LogP contribution in [0.3, 0.4) is 0 Å². The van der Waals surface area contributed by atoms with Crippen molar-refractivity contribution in [1.29, 1.82) is 0 Å². The second-order valence-electron chi connectivity index (χ2n) is 7.39. The summed E-state index contributed by atoms with van der Waals surface area (Å²) in [7, 11) is 0. The van der Waals surface area contributed by atoms with Crippen molar-refractivity contribution in [2.45, 2.75) is 33.9 Å². The van der Waals surface area contributed by atoms with E-state index < -0.39 is 0 Å². The summed E-state index contributed by atoms with van der Waals surface area (Å²) < 4.78 is 12.5. The number of rotatable bonds is 8. The molecule has 4 aromatic rings. The zero-order valence-electron chi connectivity index (χ0n) is 17.7. The molecule has 9 heteroatoms. The van der Waals surface area contributed by atoms with E-state index in [4.69, 9.17) is 8.83 Å². The summed E-state index contributed by atoms with van der Waals surface area (Å²) in [5.41, 5.74) is 2.41. The molecule has 0 bridgehead atoms. The maximum atomic E-state index is 12.9. The minimum Gasteiger partial charge on any atom is -0.468 e. The maximum absolute atomic E-state index is 12.9. The van der Waals surface area contributed by atoms with Crippen LogP contribution in [0.5, 0.6) is 0 Å². The molecule has 0 fully saturated rings. The van der Waals surface area contributed by atoms with E-state index in [1.54, 1.807) is 23.3 Å². The number of nitrogens with one attached hydrogen (secondary N) is 1. The van der Waals surface area contributed by atoms with Crippen molar-refractivity contribution >= 4 is 11.7 Å². The van der Waals surface area contributed by atoms with Crippen molar-refractivity contribution in [3.63, 3.8) is 0 Å². The number of amides is 1. The number of aromatic nitrogens is 4. The molecule has 0 spiro atoms. The zero-order chi connectivity index (χ0) is 21.8. The number of hydrogen-bond acceptors (Lipinski definition) is 7. The predicted molar refractivity (Wildman–Crippen MR) is 114 cm³/mol. The first-order chi connectivity index (χ1) is 15.0. The first kappa shape index (κ1) is 20.5. The van der Waals surface area contributed by atoms with Crippen molar-refractivity contribution in [3.05, 3.63) is 77.5 Å². The summed E-state index contributed by atoms with van der Waals surface area (Å²) in [4.78, 5) is 23.7. The van der Waals surface area contributed by atoms with E-state index in [1.165, 1.54) is 0 Å². The molecule has 0 radical (unpaired) electrons. The minimum absolute atomic E-state index is 0.138. The Hall–Kier alpha value is -3.72. The van der Waals surface area contributed by atoms with Gasteiger partial charge in [-0.25, -0.2) is 9.97 Å². The van der Waals surface area contributed by atoms with Crippen LogP contribution in [0.4, 0.5) is 5.82 Å². The highest BCUT2D eigenvalue weighted by Crippen LogP contribution is 2.16. The van der Waals surface area contributed by atoms with Gasteiger partial charge >= 0.3 is 0 Å². The Balaban J connectivity index is 1.51. The fraction of sp³-hybridized carbons (Fsp3) is 0.273. The van der Waals surface area contributed by atoms with Gasteiger partial charge in [-0.15, -0.1) is 0 Å². The van der Waals surface area contributed by atoms with E-state index in [0.29, 0.717) is 24.9 Å². The predicted octanol–water partition coefficient (Wildman–Crippen LogP) is 3.41. The van der Waals surface area contributed by atoms with Gasteiger partial charge in [0.1, 0.15) is 17.3 Å². The van der Waals surface area contributed by atoms with Gasteiger partial charge in [0.05, 0.1) is 37.9 Å². The van der Waals surface area contributed by atoms with E-state index in [9.17, 15) is 4.79 Å². The first-order valence-corrected chi connectivity index (χ1v) is 9.92. The van der Waals surface area contributed by atoms with Crippen molar-refractivity contribution in [1.82, 2.24) is 24.6 Å². The summed E-state index contributed by atoms with van der Waals surface area (Å²) in [5, 5.41) is 7.39. The van der Waals surface area contributed by atoms with E-state index in [0.717, 1.165) is 28.6 Å². The van der Waals surface area contributed by atoms with Crippen molar-refractivity contribution < 1.29 is 13.6 Å². The molecule has 0 unspecified atom stereocenters. The van der Waals surface area contributed by atoms with Gasteiger partial charge in [0.2, 0.25) is 5.91 Å². The van der Waals surface area contributed by atoms with Gasteiger partial charge in [-0.1, -0.05) is 0 Å². The van der Waals surface area contributed by atoms with Crippen LogP contribution in [0.2, 0.25) is 0 Å². The normalized spacial score (nSPS) is 11.2. The molecule has 9 nitrogen and oxygen atoms in total. The van der Waals surface area contributed by atoms with Crippen LogP contribution in [0.25, 0.3) is 5.95 Å². The number of furan rings is 2. The Kier molecular flexibility index (Phi) is 5.94. The third kappa shape index (κ3) is 5.26. The number of hydrogen-bond donors (Lipinski definition) is 1. The van der Waals surface area contributed by atoms with E-state index >= 15 is 0 Å². The Morgan fingerprint density at radius 2 is 1.58 bits per heavy atom. The van der Waals surface area contributed by atoms with E-state index in [2.05, 4.69) is 20.4 Å². The summed E-state index contributed by atoms with van der Waals surface area (Å²) in [6.07, 6.45) is 3.23. The van der Waals surface area contributed by atoms with Crippen molar-refractivity contribution in [2.75, 3.05) is 11.9 Å². The lowest BCUT2D eigenvalue weighted by Crippen LogP contribution is -2.33. The Bertz CT molecular complexity index is 1090. The molecule has 0 saturated heterocycles. The van der Waals surface area contributed by atoms with E-state index in [1.807, 2.05) is 56.0 Å². The van der Waals surface area contributed by atoms with E-state index in [-0.39, 0.29) is 12.5 Å². The lowest BCUT2D eigenvalue weighted by molar-refractivity contribution is -0.117. The summed E-state index contributed by atoms with van der Waals surface area (Å²) in [6, 6.07) is 11.1. The van der Waals surface area contributed by atoms with Gasteiger partial charge in [0, 0.05) is 17.5 Å². The van der Waals surface area contributed by atoms with Crippen LogP contribution in [0, 0.1) is 20.8 Å². The molecule has 160 valence electrons. The molecule has 1 N–H and O–H groups in total. The molecule has 1 amide bonds. The topological polar surface area (TPSA) is 102 Å². The molecule has 4 aromatic heterocycles. The molecule has 4 rings (SSSR count). The lowest BCUT2D eigenvalue weighted by atomic mass is 10.3. The number of carbonyl (C=O) groups excluding carboxylic acids is 1. The van der Waals surface area contributed by atoms with Gasteiger partial charge in [0.15, 0.2) is 0 Å². The minimum atomic E-state index is -0.191. The fourth-order valence-corrected chi connectivity index (χ4v) is 3.34. The van der Waals surface area contributed by atoms with Gasteiger partial charge in [0.25, 0.3) is 5.95 Å². The summed E-state index contributed by atoms with van der Waals surface area (Å²) in [6.45, 7) is 6.73. The Morgan fingerprint density at radius 3 is 2.13 bits per heavy atom. The lowest BCUT2D eigenvalue weighted by Gasteiger charge is -2.19. The smallest absolute Gasteiger partial charge is 0.252 e. The maximum Gasteiger partial charge on any atom is 0.252 e. The fourth-order valence-electron chi connectivity index (χ4n) is 3.34. The molecule has 4 heterocycles. The molecular weight excluding hydrogens is 396 g/mol.